The summed E-state index contributed by atoms with van der Waals surface area (Å²) >= 11 is 0. The molecule has 6 unspecified atom stereocenters. The van der Waals surface area contributed by atoms with Crippen LogP contribution in [-0.4, -0.2) is 43.9 Å². The summed E-state index contributed by atoms with van der Waals surface area (Å²) in [6, 6.07) is 9.96. The summed E-state index contributed by atoms with van der Waals surface area (Å²) in [5.74, 6) is 0. The maximum Gasteiger partial charge on any atom is 0.186 e. The van der Waals surface area contributed by atoms with Gasteiger partial charge in [0.2, 0.25) is 0 Å². The van der Waals surface area contributed by atoms with E-state index in [0.717, 1.165) is 12.0 Å². The maximum atomic E-state index is 6.06. The molecule has 6 atom stereocenters. The van der Waals surface area contributed by atoms with Gasteiger partial charge < -0.3 is 23.7 Å². The van der Waals surface area contributed by atoms with Crippen LogP contribution in [0.15, 0.2) is 30.3 Å². The number of epoxide rings is 1. The highest BCUT2D eigenvalue weighted by molar-refractivity contribution is 5.17. The van der Waals surface area contributed by atoms with Crippen molar-refractivity contribution in [2.45, 2.75) is 50.3 Å². The van der Waals surface area contributed by atoms with Gasteiger partial charge in [-0.2, -0.15) is 0 Å². The van der Waals surface area contributed by atoms with Gasteiger partial charge in [0.25, 0.3) is 0 Å². The smallest absolute Gasteiger partial charge is 0.186 e. The molecule has 3 fully saturated rings. The van der Waals surface area contributed by atoms with Gasteiger partial charge in [-0.3, -0.25) is 0 Å². The molecule has 0 radical (unpaired) electrons. The molecule has 1 aromatic carbocycles. The molecule has 3 aliphatic rings. The van der Waals surface area contributed by atoms with Gasteiger partial charge in [0, 0.05) is 12.2 Å². The van der Waals surface area contributed by atoms with Crippen molar-refractivity contribution in [2.75, 3.05) is 13.2 Å². The summed E-state index contributed by atoms with van der Waals surface area (Å²) in [5.41, 5.74) is 1.03. The second-order valence-electron chi connectivity index (χ2n) is 5.66. The highest BCUT2D eigenvalue weighted by Gasteiger charge is 2.60. The predicted octanol–water partition coefficient (Wildman–Crippen LogP) is 2.02. The van der Waals surface area contributed by atoms with E-state index in [2.05, 4.69) is 6.92 Å². The van der Waals surface area contributed by atoms with E-state index in [1.807, 2.05) is 30.3 Å². The number of fused-ring (bicyclic) bond motifs is 3. The monoisotopic (exact) mass is 292 g/mol. The number of rotatable bonds is 4. The lowest BCUT2D eigenvalue weighted by Gasteiger charge is -2.39. The topological polar surface area (TPSA) is 49.5 Å². The standard InChI is InChI=1S/C16H20O5/c1-2-8-17-16-14-13(20-14)12-11(19-16)9-18-15(21-12)10-6-4-3-5-7-10/h3-7,11-16H,2,8-9H2,1H3. The third-order valence-corrected chi connectivity index (χ3v) is 4.08. The summed E-state index contributed by atoms with van der Waals surface area (Å²) in [5, 5.41) is 0. The maximum absolute atomic E-state index is 6.06. The van der Waals surface area contributed by atoms with Gasteiger partial charge in [-0.15, -0.1) is 0 Å². The molecule has 3 aliphatic heterocycles. The van der Waals surface area contributed by atoms with Crippen molar-refractivity contribution < 1.29 is 23.7 Å². The highest BCUT2D eigenvalue weighted by atomic mass is 16.8. The molecular formula is C16H20O5. The van der Waals surface area contributed by atoms with Crippen molar-refractivity contribution in [3.8, 4) is 0 Å². The van der Waals surface area contributed by atoms with Crippen molar-refractivity contribution in [1.29, 1.82) is 0 Å². The fourth-order valence-corrected chi connectivity index (χ4v) is 2.97. The van der Waals surface area contributed by atoms with E-state index in [1.54, 1.807) is 0 Å². The summed E-state index contributed by atoms with van der Waals surface area (Å²) in [4.78, 5) is 0. The van der Waals surface area contributed by atoms with Gasteiger partial charge in [0.15, 0.2) is 12.6 Å². The lowest BCUT2D eigenvalue weighted by atomic mass is 10.0. The zero-order valence-electron chi connectivity index (χ0n) is 12.0. The summed E-state index contributed by atoms with van der Waals surface area (Å²) < 4.78 is 29.2. The van der Waals surface area contributed by atoms with Crippen LogP contribution in [0.3, 0.4) is 0 Å². The molecule has 0 saturated carbocycles. The molecule has 3 saturated heterocycles. The molecule has 0 aromatic heterocycles. The summed E-state index contributed by atoms with van der Waals surface area (Å²) in [6.45, 7) is 3.26. The van der Waals surface area contributed by atoms with Crippen LogP contribution < -0.4 is 0 Å². The molecule has 3 heterocycles. The van der Waals surface area contributed by atoms with Crippen molar-refractivity contribution in [3.05, 3.63) is 35.9 Å². The normalized spacial score (nSPS) is 41.2. The first-order chi connectivity index (χ1) is 10.4. The van der Waals surface area contributed by atoms with E-state index in [1.165, 1.54) is 0 Å². The third-order valence-electron chi connectivity index (χ3n) is 4.08. The minimum Gasteiger partial charge on any atom is -0.361 e. The number of ether oxygens (including phenoxy) is 5. The Labute approximate surface area is 124 Å². The molecule has 5 heteroatoms. The van der Waals surface area contributed by atoms with Crippen molar-refractivity contribution in [2.24, 2.45) is 0 Å². The molecule has 0 bridgehead atoms. The number of benzene rings is 1. The molecule has 1 aromatic rings. The van der Waals surface area contributed by atoms with Crippen molar-refractivity contribution in [3.63, 3.8) is 0 Å². The average Bonchev–Trinajstić information content (AvgIpc) is 3.34. The molecule has 0 N–H and O–H groups in total. The first kappa shape index (κ1) is 13.7. The van der Waals surface area contributed by atoms with E-state index in [9.17, 15) is 0 Å². The molecule has 0 amide bonds. The van der Waals surface area contributed by atoms with Crippen LogP contribution in [0.5, 0.6) is 0 Å². The van der Waals surface area contributed by atoms with Gasteiger partial charge in [-0.05, 0) is 6.42 Å². The fraction of sp³-hybridized carbons (Fsp3) is 0.625. The Morgan fingerprint density at radius 3 is 2.71 bits per heavy atom. The van der Waals surface area contributed by atoms with Gasteiger partial charge in [0.05, 0.1) is 6.61 Å². The van der Waals surface area contributed by atoms with Crippen LogP contribution >= 0.6 is 0 Å². The zero-order chi connectivity index (χ0) is 14.2. The van der Waals surface area contributed by atoms with Crippen LogP contribution in [0.25, 0.3) is 0 Å². The quantitative estimate of drug-likeness (QED) is 0.795. The highest BCUT2D eigenvalue weighted by Crippen LogP contribution is 2.43. The second-order valence-corrected chi connectivity index (χ2v) is 5.66. The molecule has 5 nitrogen and oxygen atoms in total. The summed E-state index contributed by atoms with van der Waals surface area (Å²) in [7, 11) is 0. The Kier molecular flexibility index (Phi) is 3.69. The summed E-state index contributed by atoms with van der Waals surface area (Å²) in [6.07, 6.45) is 0.235. The Morgan fingerprint density at radius 2 is 1.90 bits per heavy atom. The van der Waals surface area contributed by atoms with Gasteiger partial charge in [0.1, 0.15) is 24.4 Å². The van der Waals surface area contributed by atoms with Crippen molar-refractivity contribution in [1.82, 2.24) is 0 Å². The third kappa shape index (κ3) is 2.60. The predicted molar refractivity (Wildman–Crippen MR) is 73.6 cm³/mol. The Hall–Kier alpha value is -0.980. The van der Waals surface area contributed by atoms with Crippen LogP contribution in [-0.2, 0) is 23.7 Å². The minimum atomic E-state index is -0.339. The van der Waals surface area contributed by atoms with Crippen LogP contribution in [0.1, 0.15) is 25.2 Å². The molecule has 21 heavy (non-hydrogen) atoms. The average molecular weight is 292 g/mol. The second kappa shape index (κ2) is 5.66. The largest absolute Gasteiger partial charge is 0.361 e. The van der Waals surface area contributed by atoms with Gasteiger partial charge >= 0.3 is 0 Å². The lowest BCUT2D eigenvalue weighted by molar-refractivity contribution is -0.307. The van der Waals surface area contributed by atoms with E-state index >= 15 is 0 Å². The number of hydrogen-bond donors (Lipinski definition) is 0. The van der Waals surface area contributed by atoms with Crippen LogP contribution in [0.2, 0.25) is 0 Å². The van der Waals surface area contributed by atoms with Crippen LogP contribution in [0, 0.1) is 0 Å². The van der Waals surface area contributed by atoms with Gasteiger partial charge in [-0.25, -0.2) is 0 Å². The van der Waals surface area contributed by atoms with Gasteiger partial charge in [-0.1, -0.05) is 37.3 Å². The van der Waals surface area contributed by atoms with Crippen molar-refractivity contribution >= 4 is 0 Å². The molecule has 114 valence electrons. The van der Waals surface area contributed by atoms with E-state index < -0.39 is 0 Å². The Balaban J connectivity index is 1.42. The Morgan fingerprint density at radius 1 is 1.05 bits per heavy atom. The van der Waals surface area contributed by atoms with E-state index in [0.29, 0.717) is 13.2 Å². The van der Waals surface area contributed by atoms with E-state index in [-0.39, 0.29) is 37.0 Å². The Bertz CT molecular complexity index is 479. The minimum absolute atomic E-state index is 0.00678. The SMILES string of the molecule is CCCOC1OC2COC(c3ccccc3)OC2C2OC12. The molecule has 4 rings (SSSR count). The van der Waals surface area contributed by atoms with E-state index in [4.69, 9.17) is 23.7 Å². The first-order valence-corrected chi connectivity index (χ1v) is 7.61. The molecular weight excluding hydrogens is 272 g/mol. The lowest BCUT2D eigenvalue weighted by Crippen LogP contribution is -2.52. The molecule has 0 aliphatic carbocycles. The molecule has 0 spiro atoms. The number of hydrogen-bond acceptors (Lipinski definition) is 5. The fourth-order valence-electron chi connectivity index (χ4n) is 2.97. The first-order valence-electron chi connectivity index (χ1n) is 7.61. The van der Waals surface area contributed by atoms with Crippen LogP contribution in [0.4, 0.5) is 0 Å². The zero-order valence-corrected chi connectivity index (χ0v) is 12.0.